The molecular weight excluding hydrogens is 166 g/mol. The van der Waals surface area contributed by atoms with E-state index in [0.29, 0.717) is 29.4 Å². The van der Waals surface area contributed by atoms with Gasteiger partial charge in [0.15, 0.2) is 0 Å². The summed E-state index contributed by atoms with van der Waals surface area (Å²) in [4.78, 5) is 0. The molecule has 5 fully saturated rings. The van der Waals surface area contributed by atoms with E-state index >= 15 is 0 Å². The molecular formula is C10H15NO2. The molecule has 0 amide bonds. The molecule has 0 radical (unpaired) electrons. The highest BCUT2D eigenvalue weighted by Gasteiger charge is 2.53. The van der Waals surface area contributed by atoms with Crippen molar-refractivity contribution in [3.63, 3.8) is 0 Å². The third kappa shape index (κ3) is 0.857. The Kier molecular flexibility index (Phi) is 1.48. The van der Waals surface area contributed by atoms with Crippen LogP contribution >= 0.6 is 0 Å². The van der Waals surface area contributed by atoms with Crippen molar-refractivity contribution in [2.24, 2.45) is 28.8 Å². The highest BCUT2D eigenvalue weighted by molar-refractivity contribution is 5.92. The second-order valence-electron chi connectivity index (χ2n) is 4.81. The van der Waals surface area contributed by atoms with Crippen molar-refractivity contribution in [2.75, 3.05) is 0 Å². The van der Waals surface area contributed by atoms with Gasteiger partial charge in [0.1, 0.15) is 0 Å². The standard InChI is InChI=1S/C10H15NO2/c12-10-8-4-5-1-2-6(8)3-7(5)9(10)11-13/h5-8,10,12-13H,1-4H2/b11-9-. The maximum atomic E-state index is 9.89. The number of hydrogen-bond donors (Lipinski definition) is 2. The summed E-state index contributed by atoms with van der Waals surface area (Å²) in [5.74, 6) is 2.19. The summed E-state index contributed by atoms with van der Waals surface area (Å²) in [6, 6.07) is 0. The lowest BCUT2D eigenvalue weighted by Crippen LogP contribution is -2.56. The SMILES string of the molecule is O/N=C1\C(O)C2CC3CCC2CC13. The molecule has 0 aliphatic heterocycles. The molecule has 0 saturated heterocycles. The summed E-state index contributed by atoms with van der Waals surface area (Å²) in [6.07, 6.45) is 4.44. The van der Waals surface area contributed by atoms with Crippen LogP contribution in [0.25, 0.3) is 0 Å². The normalized spacial score (nSPS) is 56.1. The van der Waals surface area contributed by atoms with Gasteiger partial charge >= 0.3 is 0 Å². The molecule has 3 heteroatoms. The molecule has 0 aromatic rings. The van der Waals surface area contributed by atoms with E-state index < -0.39 is 6.10 Å². The number of fused-ring (bicyclic) bond motifs is 2. The molecule has 0 heterocycles. The Balaban J connectivity index is 2.00. The lowest BCUT2D eigenvalue weighted by Gasteiger charge is -2.54. The van der Waals surface area contributed by atoms with E-state index in [-0.39, 0.29) is 0 Å². The Hall–Kier alpha value is -0.570. The van der Waals surface area contributed by atoms with Crippen LogP contribution in [0.4, 0.5) is 0 Å². The predicted molar refractivity (Wildman–Crippen MR) is 47.7 cm³/mol. The van der Waals surface area contributed by atoms with E-state index in [2.05, 4.69) is 5.16 Å². The van der Waals surface area contributed by atoms with Crippen LogP contribution in [0.3, 0.4) is 0 Å². The van der Waals surface area contributed by atoms with Gasteiger partial charge in [-0.05, 0) is 43.4 Å². The Labute approximate surface area is 77.4 Å². The number of hydrogen-bond acceptors (Lipinski definition) is 3. The molecule has 5 aliphatic rings. The molecule has 3 nitrogen and oxygen atoms in total. The van der Waals surface area contributed by atoms with E-state index in [1.54, 1.807) is 0 Å². The first-order chi connectivity index (χ1) is 6.31. The number of aliphatic hydroxyl groups excluding tert-OH is 1. The molecule has 0 aromatic heterocycles. The molecule has 2 N–H and O–H groups in total. The van der Waals surface area contributed by atoms with Gasteiger partial charge in [-0.15, -0.1) is 0 Å². The maximum absolute atomic E-state index is 9.89. The predicted octanol–water partition coefficient (Wildman–Crippen LogP) is 1.24. The average molecular weight is 181 g/mol. The van der Waals surface area contributed by atoms with Crippen LogP contribution in [0.1, 0.15) is 25.7 Å². The van der Waals surface area contributed by atoms with Crippen molar-refractivity contribution in [3.05, 3.63) is 0 Å². The van der Waals surface area contributed by atoms with Crippen LogP contribution in [0, 0.1) is 23.7 Å². The Morgan fingerprint density at radius 1 is 1.15 bits per heavy atom. The van der Waals surface area contributed by atoms with Crippen LogP contribution in [-0.4, -0.2) is 22.1 Å². The molecule has 0 spiro atoms. The van der Waals surface area contributed by atoms with Crippen LogP contribution < -0.4 is 0 Å². The number of aliphatic hydroxyl groups is 1. The summed E-state index contributed by atoms with van der Waals surface area (Å²) >= 11 is 0. The minimum absolute atomic E-state index is 0.392. The third-order valence-corrected chi connectivity index (χ3v) is 4.42. The van der Waals surface area contributed by atoms with E-state index in [9.17, 15) is 5.11 Å². The molecule has 5 atom stereocenters. The molecule has 5 unspecified atom stereocenters. The van der Waals surface area contributed by atoms with Crippen LogP contribution in [0.15, 0.2) is 5.16 Å². The smallest absolute Gasteiger partial charge is 0.0987 e. The minimum atomic E-state index is -0.440. The average Bonchev–Trinajstić information content (AvgIpc) is 2.19. The monoisotopic (exact) mass is 181 g/mol. The summed E-state index contributed by atoms with van der Waals surface area (Å²) in [5, 5.41) is 22.0. The fourth-order valence-electron chi connectivity index (χ4n) is 3.80. The van der Waals surface area contributed by atoms with E-state index in [0.717, 1.165) is 12.8 Å². The molecule has 5 aliphatic carbocycles. The molecule has 4 bridgehead atoms. The van der Waals surface area contributed by atoms with E-state index in [1.165, 1.54) is 12.8 Å². The highest BCUT2D eigenvalue weighted by Crippen LogP contribution is 2.54. The maximum Gasteiger partial charge on any atom is 0.0987 e. The summed E-state index contributed by atoms with van der Waals surface area (Å²) in [7, 11) is 0. The van der Waals surface area contributed by atoms with Gasteiger partial charge in [0, 0.05) is 5.92 Å². The summed E-state index contributed by atoms with van der Waals surface area (Å²) in [5.41, 5.74) is 0.678. The lowest BCUT2D eigenvalue weighted by molar-refractivity contribution is -0.0258. The van der Waals surface area contributed by atoms with Gasteiger partial charge < -0.3 is 10.3 Å². The van der Waals surface area contributed by atoms with Gasteiger partial charge in [-0.25, -0.2) is 0 Å². The van der Waals surface area contributed by atoms with Gasteiger partial charge in [-0.2, -0.15) is 0 Å². The summed E-state index contributed by atoms with van der Waals surface area (Å²) < 4.78 is 0. The Morgan fingerprint density at radius 3 is 2.54 bits per heavy atom. The molecule has 5 rings (SSSR count). The number of nitrogens with zero attached hydrogens (tertiary/aromatic N) is 1. The number of rotatable bonds is 0. The van der Waals surface area contributed by atoms with Gasteiger partial charge in [-0.1, -0.05) is 5.16 Å². The van der Waals surface area contributed by atoms with Crippen molar-refractivity contribution in [2.45, 2.75) is 31.8 Å². The fraction of sp³-hybridized carbons (Fsp3) is 0.900. The first-order valence-electron chi connectivity index (χ1n) is 5.21. The van der Waals surface area contributed by atoms with Gasteiger partial charge in [-0.3, -0.25) is 0 Å². The van der Waals surface area contributed by atoms with Crippen LogP contribution in [0.2, 0.25) is 0 Å². The van der Waals surface area contributed by atoms with Crippen LogP contribution in [0.5, 0.6) is 0 Å². The second kappa shape index (κ2) is 2.47. The fourth-order valence-corrected chi connectivity index (χ4v) is 3.80. The first kappa shape index (κ1) is 7.80. The topological polar surface area (TPSA) is 52.8 Å². The molecule has 72 valence electrons. The van der Waals surface area contributed by atoms with Crippen molar-refractivity contribution in [3.8, 4) is 0 Å². The van der Waals surface area contributed by atoms with Crippen LogP contribution in [-0.2, 0) is 0 Å². The molecule has 5 saturated carbocycles. The Bertz CT molecular complexity index is 264. The third-order valence-electron chi connectivity index (χ3n) is 4.42. The van der Waals surface area contributed by atoms with Gasteiger partial charge in [0.2, 0.25) is 0 Å². The molecule has 0 aromatic carbocycles. The molecule has 13 heavy (non-hydrogen) atoms. The van der Waals surface area contributed by atoms with Crippen molar-refractivity contribution >= 4 is 5.71 Å². The zero-order valence-corrected chi connectivity index (χ0v) is 7.56. The van der Waals surface area contributed by atoms with Crippen molar-refractivity contribution in [1.29, 1.82) is 0 Å². The lowest BCUT2D eigenvalue weighted by atomic mass is 9.51. The summed E-state index contributed by atoms with van der Waals surface area (Å²) in [6.45, 7) is 0. The highest BCUT2D eigenvalue weighted by atomic mass is 16.4. The number of oxime groups is 1. The van der Waals surface area contributed by atoms with Crippen molar-refractivity contribution in [1.82, 2.24) is 0 Å². The van der Waals surface area contributed by atoms with E-state index in [4.69, 9.17) is 5.21 Å². The van der Waals surface area contributed by atoms with Gasteiger partial charge in [0.25, 0.3) is 0 Å². The van der Waals surface area contributed by atoms with Gasteiger partial charge in [0.05, 0.1) is 11.8 Å². The van der Waals surface area contributed by atoms with Crippen molar-refractivity contribution < 1.29 is 10.3 Å². The first-order valence-corrected chi connectivity index (χ1v) is 5.21. The second-order valence-corrected chi connectivity index (χ2v) is 4.81. The zero-order valence-electron chi connectivity index (χ0n) is 7.56. The Morgan fingerprint density at radius 2 is 1.92 bits per heavy atom. The zero-order chi connectivity index (χ0) is 9.00. The largest absolute Gasteiger partial charge is 0.411 e. The minimum Gasteiger partial charge on any atom is -0.411 e. The quantitative estimate of drug-likeness (QED) is 0.436. The van der Waals surface area contributed by atoms with E-state index in [1.807, 2.05) is 0 Å².